The Bertz CT molecular complexity index is 151. The molecule has 0 spiro atoms. The molecule has 1 heterocycles. The van der Waals surface area contributed by atoms with Gasteiger partial charge >= 0.3 is 0 Å². The van der Waals surface area contributed by atoms with Crippen molar-refractivity contribution in [3.63, 3.8) is 0 Å². The van der Waals surface area contributed by atoms with Crippen LogP contribution in [-0.4, -0.2) is 18.2 Å². The summed E-state index contributed by atoms with van der Waals surface area (Å²) in [4.78, 5) is 13.9. The largest absolute Gasteiger partial charge is 0.544 e. The molecule has 3 nitrogen and oxygen atoms in total. The van der Waals surface area contributed by atoms with Gasteiger partial charge in [-0.2, -0.15) is 0 Å². The molecule has 0 bridgehead atoms. The van der Waals surface area contributed by atoms with E-state index in [1.807, 2.05) is 0 Å². The Morgan fingerprint density at radius 3 is 2.67 bits per heavy atom. The van der Waals surface area contributed by atoms with E-state index in [9.17, 15) is 9.90 Å². The molecule has 0 aliphatic carbocycles. The van der Waals surface area contributed by atoms with E-state index in [-0.39, 0.29) is 5.71 Å². The summed E-state index contributed by atoms with van der Waals surface area (Å²) in [7, 11) is 0. The van der Waals surface area contributed by atoms with Gasteiger partial charge in [-0.25, -0.2) is 0 Å². The first kappa shape index (κ1) is 6.26. The topological polar surface area (TPSA) is 52.5 Å². The van der Waals surface area contributed by atoms with Crippen LogP contribution in [0.25, 0.3) is 0 Å². The quantitative estimate of drug-likeness (QED) is 0.469. The van der Waals surface area contributed by atoms with Crippen molar-refractivity contribution in [2.75, 3.05) is 6.54 Å². The third-order valence-corrected chi connectivity index (χ3v) is 1.36. The highest BCUT2D eigenvalue weighted by Crippen LogP contribution is 2.04. The minimum absolute atomic E-state index is 0.237. The minimum Gasteiger partial charge on any atom is -0.544 e. The molecule has 0 radical (unpaired) electrons. The molecule has 1 rings (SSSR count). The maximum atomic E-state index is 10.1. The fourth-order valence-electron chi connectivity index (χ4n) is 0.864. The first-order chi connectivity index (χ1) is 4.30. The molecule has 1 aliphatic heterocycles. The number of aliphatic imine (C=N–C) groups is 1. The van der Waals surface area contributed by atoms with Crippen molar-refractivity contribution in [2.24, 2.45) is 4.99 Å². The van der Waals surface area contributed by atoms with E-state index >= 15 is 0 Å². The summed E-state index contributed by atoms with van der Waals surface area (Å²) in [6.45, 7) is 0.656. The first-order valence-electron chi connectivity index (χ1n) is 3.05. The maximum Gasteiger partial charge on any atom is 0.0853 e. The fourth-order valence-corrected chi connectivity index (χ4v) is 0.864. The Labute approximate surface area is 53.4 Å². The average molecular weight is 126 g/mol. The third-order valence-electron chi connectivity index (χ3n) is 1.36. The Hall–Kier alpha value is -0.860. The van der Waals surface area contributed by atoms with Crippen LogP contribution in [0.3, 0.4) is 0 Å². The number of aliphatic carboxylic acids is 1. The molecule has 0 saturated carbocycles. The van der Waals surface area contributed by atoms with E-state index in [0.717, 1.165) is 12.8 Å². The number of carbonyl (C=O) groups excluding carboxylic acids is 1. The fraction of sp³-hybridized carbons (Fsp3) is 0.667. The number of hydrogen-bond donors (Lipinski definition) is 0. The summed E-state index contributed by atoms with van der Waals surface area (Å²) in [5.41, 5.74) is 0.237. The van der Waals surface area contributed by atoms with E-state index in [4.69, 9.17) is 0 Å². The molecule has 0 unspecified atom stereocenters. The average Bonchev–Trinajstić information content (AvgIpc) is 1.90. The molecule has 0 atom stereocenters. The molecule has 0 N–H and O–H groups in total. The van der Waals surface area contributed by atoms with Gasteiger partial charge in [-0.3, -0.25) is 4.99 Å². The van der Waals surface area contributed by atoms with E-state index in [1.165, 1.54) is 0 Å². The van der Waals surface area contributed by atoms with E-state index < -0.39 is 5.97 Å². The van der Waals surface area contributed by atoms with Crippen LogP contribution in [0.5, 0.6) is 0 Å². The molecule has 0 saturated heterocycles. The van der Waals surface area contributed by atoms with E-state index in [1.54, 1.807) is 0 Å². The zero-order chi connectivity index (χ0) is 6.69. The molecule has 50 valence electrons. The third kappa shape index (κ3) is 1.52. The normalized spacial score (nSPS) is 18.9. The monoisotopic (exact) mass is 126 g/mol. The van der Waals surface area contributed by atoms with E-state index in [0.29, 0.717) is 13.0 Å². The summed E-state index contributed by atoms with van der Waals surface area (Å²) in [5.74, 6) is -1.10. The number of carboxylic acid groups (broad SMARTS) is 1. The van der Waals surface area contributed by atoms with Crippen LogP contribution in [0.15, 0.2) is 4.99 Å². The van der Waals surface area contributed by atoms with Crippen molar-refractivity contribution in [3.8, 4) is 0 Å². The number of carboxylic acids is 1. The predicted octanol–water partition coefficient (Wildman–Crippen LogP) is -0.639. The van der Waals surface area contributed by atoms with Crippen LogP contribution in [0.2, 0.25) is 0 Å². The highest BCUT2D eigenvalue weighted by atomic mass is 16.4. The molecular weight excluding hydrogens is 118 g/mol. The van der Waals surface area contributed by atoms with Gasteiger partial charge in [0, 0.05) is 6.54 Å². The molecule has 0 amide bonds. The zero-order valence-corrected chi connectivity index (χ0v) is 5.09. The minimum atomic E-state index is -1.10. The molecule has 0 fully saturated rings. The van der Waals surface area contributed by atoms with Gasteiger partial charge in [0.25, 0.3) is 0 Å². The Balaban J connectivity index is 2.57. The van der Waals surface area contributed by atoms with Crippen molar-refractivity contribution in [3.05, 3.63) is 0 Å². The van der Waals surface area contributed by atoms with Gasteiger partial charge in [-0.05, 0) is 19.3 Å². The lowest BCUT2D eigenvalue weighted by Gasteiger charge is -2.11. The summed E-state index contributed by atoms with van der Waals surface area (Å²) in [5, 5.41) is 10.1. The SMILES string of the molecule is O=C([O-])C1=NCCCC1. The lowest BCUT2D eigenvalue weighted by atomic mass is 10.1. The lowest BCUT2D eigenvalue weighted by molar-refractivity contribution is -0.294. The van der Waals surface area contributed by atoms with Gasteiger partial charge in [-0.15, -0.1) is 0 Å². The van der Waals surface area contributed by atoms with Crippen LogP contribution >= 0.6 is 0 Å². The molecule has 1 aliphatic rings. The second kappa shape index (κ2) is 2.62. The molecule has 0 aromatic rings. The zero-order valence-electron chi connectivity index (χ0n) is 5.09. The molecule has 0 aromatic heterocycles. The maximum absolute atomic E-state index is 10.1. The summed E-state index contributed by atoms with van der Waals surface area (Å²) >= 11 is 0. The Morgan fingerprint density at radius 2 is 2.33 bits per heavy atom. The van der Waals surface area contributed by atoms with Crippen molar-refractivity contribution in [1.29, 1.82) is 0 Å². The molecule has 3 heteroatoms. The van der Waals surface area contributed by atoms with Gasteiger partial charge in [-0.1, -0.05) is 0 Å². The van der Waals surface area contributed by atoms with Crippen LogP contribution in [-0.2, 0) is 4.79 Å². The summed E-state index contributed by atoms with van der Waals surface area (Å²) in [6.07, 6.45) is 2.53. The van der Waals surface area contributed by atoms with Crippen molar-refractivity contribution in [2.45, 2.75) is 19.3 Å². The number of nitrogens with zero attached hydrogens (tertiary/aromatic N) is 1. The highest BCUT2D eigenvalue weighted by molar-refractivity contribution is 6.34. The second-order valence-electron chi connectivity index (χ2n) is 2.07. The Kier molecular flexibility index (Phi) is 1.82. The smallest absolute Gasteiger partial charge is 0.0853 e. The van der Waals surface area contributed by atoms with Gasteiger partial charge in [0.05, 0.1) is 11.7 Å². The van der Waals surface area contributed by atoms with Gasteiger partial charge in [0.15, 0.2) is 0 Å². The molecule has 0 aromatic carbocycles. The van der Waals surface area contributed by atoms with Gasteiger partial charge in [0.1, 0.15) is 0 Å². The van der Waals surface area contributed by atoms with Crippen LogP contribution < -0.4 is 5.11 Å². The summed E-state index contributed by atoms with van der Waals surface area (Å²) in [6, 6.07) is 0. The second-order valence-corrected chi connectivity index (χ2v) is 2.07. The van der Waals surface area contributed by atoms with Crippen LogP contribution in [0.4, 0.5) is 0 Å². The summed E-state index contributed by atoms with van der Waals surface area (Å²) < 4.78 is 0. The van der Waals surface area contributed by atoms with Crippen LogP contribution in [0, 0.1) is 0 Å². The Morgan fingerprint density at radius 1 is 1.56 bits per heavy atom. The number of carbonyl (C=O) groups is 1. The first-order valence-corrected chi connectivity index (χ1v) is 3.05. The van der Waals surface area contributed by atoms with Gasteiger partial charge < -0.3 is 9.90 Å². The molecule has 9 heavy (non-hydrogen) atoms. The highest BCUT2D eigenvalue weighted by Gasteiger charge is 2.04. The van der Waals surface area contributed by atoms with Crippen molar-refractivity contribution >= 4 is 11.7 Å². The lowest BCUT2D eigenvalue weighted by Crippen LogP contribution is -2.32. The number of rotatable bonds is 1. The standard InChI is InChI=1S/C6H9NO2/c8-6(9)5-3-1-2-4-7-5/h1-4H2,(H,8,9)/p-1. The van der Waals surface area contributed by atoms with E-state index in [2.05, 4.69) is 4.99 Å². The van der Waals surface area contributed by atoms with Crippen molar-refractivity contribution < 1.29 is 9.90 Å². The predicted molar refractivity (Wildman–Crippen MR) is 31.2 cm³/mol. The number of hydrogen-bond acceptors (Lipinski definition) is 3. The van der Waals surface area contributed by atoms with Crippen LogP contribution in [0.1, 0.15) is 19.3 Å². The van der Waals surface area contributed by atoms with Crippen molar-refractivity contribution in [1.82, 2.24) is 0 Å². The molecular formula is C6H8NO2-. The van der Waals surface area contributed by atoms with Gasteiger partial charge in [0.2, 0.25) is 0 Å².